The van der Waals surface area contributed by atoms with Gasteiger partial charge >= 0.3 is 5.97 Å². The minimum absolute atomic E-state index is 0.306. The smallest absolute Gasteiger partial charge is 0.336 e. The zero-order chi connectivity index (χ0) is 29.7. The molecule has 4 aromatic rings. The molecule has 4 aromatic carbocycles. The van der Waals surface area contributed by atoms with Crippen LogP contribution in [0.4, 0.5) is 0 Å². The molecule has 0 heterocycles. The number of likely N-dealkylation sites (N-methyl/N-ethyl adjacent to an activating group) is 1. The quantitative estimate of drug-likeness (QED) is 0.138. The molecule has 6 heteroatoms. The summed E-state index contributed by atoms with van der Waals surface area (Å²) in [6, 6.07) is 29.8. The largest absolute Gasteiger partial charge is 0.479 e. The second kappa shape index (κ2) is 16.0. The molecule has 0 aliphatic rings. The lowest BCUT2D eigenvalue weighted by Gasteiger charge is -2.27. The fraction of sp³-hybridized carbons (Fsp3) is 0.389. The first-order valence-corrected chi connectivity index (χ1v) is 15.0. The van der Waals surface area contributed by atoms with E-state index in [1.807, 2.05) is 6.07 Å². The zero-order valence-corrected chi connectivity index (χ0v) is 24.8. The maximum absolute atomic E-state index is 13.2. The van der Waals surface area contributed by atoms with Gasteiger partial charge in [0.05, 0.1) is 0 Å². The summed E-state index contributed by atoms with van der Waals surface area (Å²) in [5.74, 6) is -1.55. The van der Waals surface area contributed by atoms with Crippen LogP contribution in [0, 0.1) is 0 Å². The normalized spacial score (nSPS) is 12.8. The van der Waals surface area contributed by atoms with E-state index in [4.69, 9.17) is 9.47 Å². The third-order valence-electron chi connectivity index (χ3n) is 7.89. The van der Waals surface area contributed by atoms with Crippen LogP contribution < -0.4 is 0 Å². The summed E-state index contributed by atoms with van der Waals surface area (Å²) in [7, 11) is 3.01. The van der Waals surface area contributed by atoms with Crippen molar-refractivity contribution < 1.29 is 24.2 Å². The average Bonchev–Trinajstić information content (AvgIpc) is 3.01. The number of fused-ring (bicyclic) bond motifs is 2. The van der Waals surface area contributed by atoms with E-state index >= 15 is 0 Å². The van der Waals surface area contributed by atoms with E-state index in [-0.39, 0.29) is 5.91 Å². The Morgan fingerprint density at radius 1 is 0.690 bits per heavy atom. The summed E-state index contributed by atoms with van der Waals surface area (Å²) in [4.78, 5) is 26.6. The predicted octanol–water partition coefficient (Wildman–Crippen LogP) is 7.06. The van der Waals surface area contributed by atoms with Gasteiger partial charge in [-0.3, -0.25) is 4.79 Å². The number of carbonyl (C=O) groups excluding carboxylic acids is 1. The second-order valence-corrected chi connectivity index (χ2v) is 11.0. The van der Waals surface area contributed by atoms with Crippen molar-refractivity contribution in [2.24, 2.45) is 0 Å². The van der Waals surface area contributed by atoms with Gasteiger partial charge in [0.15, 0.2) is 12.2 Å². The standard InChI is InChI=1S/C36H43NO5/c1-37(23-11-3-5-13-27-19-21-29-15-7-9-17-31(29)25-27)35(38)33(34(41-2)36(39)40)42-24-12-4-6-14-28-20-22-30-16-8-10-18-32(30)26-28/h7-10,15-22,25-26,33-34H,3-6,11-14,23-24H2,1-2H3,(H,39,40). The van der Waals surface area contributed by atoms with Gasteiger partial charge in [-0.1, -0.05) is 97.8 Å². The summed E-state index contributed by atoms with van der Waals surface area (Å²) >= 11 is 0. The van der Waals surface area contributed by atoms with Crippen molar-refractivity contribution in [2.75, 3.05) is 27.3 Å². The number of rotatable bonds is 17. The zero-order valence-electron chi connectivity index (χ0n) is 24.8. The van der Waals surface area contributed by atoms with Crippen LogP contribution in [-0.2, 0) is 31.9 Å². The van der Waals surface area contributed by atoms with Gasteiger partial charge in [0.2, 0.25) is 0 Å². The molecule has 2 atom stereocenters. The molecule has 4 rings (SSSR count). The van der Waals surface area contributed by atoms with E-state index in [1.165, 1.54) is 39.8 Å². The molecule has 0 aliphatic heterocycles. The molecule has 222 valence electrons. The van der Waals surface area contributed by atoms with Crippen LogP contribution in [0.3, 0.4) is 0 Å². The Labute approximate surface area is 249 Å². The molecule has 0 spiro atoms. The lowest BCUT2D eigenvalue weighted by molar-refractivity contribution is -0.169. The van der Waals surface area contributed by atoms with Gasteiger partial charge in [0, 0.05) is 27.3 Å². The summed E-state index contributed by atoms with van der Waals surface area (Å²) in [6.45, 7) is 0.846. The van der Waals surface area contributed by atoms with E-state index in [0.29, 0.717) is 13.2 Å². The first-order chi connectivity index (χ1) is 20.5. The van der Waals surface area contributed by atoms with Crippen LogP contribution in [0.15, 0.2) is 84.9 Å². The molecular formula is C36H43NO5. The van der Waals surface area contributed by atoms with Crippen molar-refractivity contribution in [3.05, 3.63) is 96.1 Å². The van der Waals surface area contributed by atoms with Crippen molar-refractivity contribution in [3.63, 3.8) is 0 Å². The summed E-state index contributed by atoms with van der Waals surface area (Å²) in [5.41, 5.74) is 2.61. The minimum Gasteiger partial charge on any atom is -0.479 e. The van der Waals surface area contributed by atoms with Crippen molar-refractivity contribution >= 4 is 33.4 Å². The number of hydrogen-bond donors (Lipinski definition) is 1. The Hall–Kier alpha value is -3.74. The summed E-state index contributed by atoms with van der Waals surface area (Å²) < 4.78 is 11.0. The number of hydrogen-bond acceptors (Lipinski definition) is 4. The number of aliphatic carboxylic acids is 1. The molecule has 0 radical (unpaired) electrons. The van der Waals surface area contributed by atoms with E-state index in [9.17, 15) is 14.7 Å². The number of benzene rings is 4. The lowest BCUT2D eigenvalue weighted by Crippen LogP contribution is -2.49. The number of methoxy groups -OCH3 is 1. The lowest BCUT2D eigenvalue weighted by atomic mass is 10.0. The number of carboxylic acid groups (broad SMARTS) is 1. The maximum atomic E-state index is 13.2. The number of unbranched alkanes of at least 4 members (excludes halogenated alkanes) is 4. The van der Waals surface area contributed by atoms with Crippen molar-refractivity contribution in [2.45, 2.75) is 63.6 Å². The number of ether oxygens (including phenoxy) is 2. The van der Waals surface area contributed by atoms with Gasteiger partial charge < -0.3 is 19.5 Å². The van der Waals surface area contributed by atoms with Gasteiger partial charge in [-0.2, -0.15) is 0 Å². The molecule has 0 aromatic heterocycles. The van der Waals surface area contributed by atoms with Crippen LogP contribution in [0.5, 0.6) is 0 Å². The highest BCUT2D eigenvalue weighted by atomic mass is 16.6. The second-order valence-electron chi connectivity index (χ2n) is 11.0. The van der Waals surface area contributed by atoms with E-state index in [1.54, 1.807) is 11.9 Å². The Morgan fingerprint density at radius 2 is 1.21 bits per heavy atom. The van der Waals surface area contributed by atoms with Crippen LogP contribution in [0.2, 0.25) is 0 Å². The SMILES string of the molecule is COC(C(=O)O)C(OCCCCCc1ccc2ccccc2c1)C(=O)N(C)CCCCCc1ccc2ccccc2c1. The molecule has 0 saturated carbocycles. The summed E-state index contributed by atoms with van der Waals surface area (Å²) in [6.07, 6.45) is 4.92. The molecule has 0 bridgehead atoms. The predicted molar refractivity (Wildman–Crippen MR) is 169 cm³/mol. The number of aryl methyl sites for hydroxylation is 2. The highest BCUT2D eigenvalue weighted by Crippen LogP contribution is 2.19. The molecule has 0 aliphatic carbocycles. The fourth-order valence-electron chi connectivity index (χ4n) is 5.43. The fourth-order valence-corrected chi connectivity index (χ4v) is 5.43. The van der Waals surface area contributed by atoms with E-state index < -0.39 is 18.2 Å². The van der Waals surface area contributed by atoms with Gasteiger partial charge in [-0.25, -0.2) is 4.79 Å². The van der Waals surface area contributed by atoms with Gasteiger partial charge in [-0.15, -0.1) is 0 Å². The monoisotopic (exact) mass is 569 g/mol. The van der Waals surface area contributed by atoms with Crippen molar-refractivity contribution in [1.29, 1.82) is 0 Å². The van der Waals surface area contributed by atoms with Gasteiger partial charge in [-0.05, 0) is 71.2 Å². The first-order valence-electron chi connectivity index (χ1n) is 15.0. The van der Waals surface area contributed by atoms with E-state index in [2.05, 4.69) is 78.9 Å². The van der Waals surface area contributed by atoms with Gasteiger partial charge in [0.25, 0.3) is 5.91 Å². The maximum Gasteiger partial charge on any atom is 0.336 e. The van der Waals surface area contributed by atoms with Crippen molar-refractivity contribution in [3.8, 4) is 0 Å². The highest BCUT2D eigenvalue weighted by Gasteiger charge is 2.36. The third kappa shape index (κ3) is 8.88. The molecule has 1 N–H and O–H groups in total. The molecule has 6 nitrogen and oxygen atoms in total. The Balaban J connectivity index is 1.18. The third-order valence-corrected chi connectivity index (χ3v) is 7.89. The Kier molecular flexibility index (Phi) is 11.9. The average molecular weight is 570 g/mol. The first kappa shape index (κ1) is 31.2. The van der Waals surface area contributed by atoms with Crippen LogP contribution in [0.25, 0.3) is 21.5 Å². The number of amides is 1. The van der Waals surface area contributed by atoms with Crippen LogP contribution in [-0.4, -0.2) is 61.4 Å². The minimum atomic E-state index is -1.34. The Morgan fingerprint density at radius 3 is 1.74 bits per heavy atom. The highest BCUT2D eigenvalue weighted by molar-refractivity contribution is 5.88. The summed E-state index contributed by atoms with van der Waals surface area (Å²) in [5, 5.41) is 14.6. The van der Waals surface area contributed by atoms with Crippen LogP contribution in [0.1, 0.15) is 49.7 Å². The molecule has 1 amide bonds. The number of nitrogens with zero attached hydrogens (tertiary/aromatic N) is 1. The topological polar surface area (TPSA) is 76.1 Å². The molecule has 0 fully saturated rings. The van der Waals surface area contributed by atoms with Crippen molar-refractivity contribution in [1.82, 2.24) is 4.90 Å². The van der Waals surface area contributed by atoms with E-state index in [0.717, 1.165) is 51.4 Å². The molecular weight excluding hydrogens is 526 g/mol. The number of carboxylic acids is 1. The Bertz CT molecular complexity index is 1450. The van der Waals surface area contributed by atoms with Gasteiger partial charge in [0.1, 0.15) is 0 Å². The number of carbonyl (C=O) groups is 2. The molecule has 2 unspecified atom stereocenters. The van der Waals surface area contributed by atoms with Crippen LogP contribution >= 0.6 is 0 Å². The molecule has 42 heavy (non-hydrogen) atoms. The molecule has 0 saturated heterocycles.